The Labute approximate surface area is 119 Å². The van der Waals surface area contributed by atoms with Gasteiger partial charge in [-0.2, -0.15) is 5.26 Å². The Kier molecular flexibility index (Phi) is 3.08. The molecule has 0 radical (unpaired) electrons. The number of fused-ring (bicyclic) bond motifs is 1. The fourth-order valence-electron chi connectivity index (χ4n) is 2.64. The molecule has 0 fully saturated rings. The first-order valence-electron chi connectivity index (χ1n) is 6.66. The number of rotatable bonds is 2. The molecule has 1 heterocycles. The van der Waals surface area contributed by atoms with Crippen molar-refractivity contribution in [3.63, 3.8) is 0 Å². The molecule has 2 aromatic carbocycles. The number of nitrogens with zero attached hydrogens (tertiary/aromatic N) is 1. The minimum atomic E-state index is 0.732. The van der Waals surface area contributed by atoms with Crippen molar-refractivity contribution in [2.75, 3.05) is 0 Å². The minimum absolute atomic E-state index is 0.732. The molecular formula is C17H14BNO. The summed E-state index contributed by atoms with van der Waals surface area (Å²) in [5.74, 6) is 3.81. The van der Waals surface area contributed by atoms with Crippen molar-refractivity contribution >= 4 is 18.8 Å². The van der Waals surface area contributed by atoms with Gasteiger partial charge in [0.1, 0.15) is 11.5 Å². The van der Waals surface area contributed by atoms with Crippen LogP contribution in [0.3, 0.4) is 0 Å². The number of benzene rings is 2. The monoisotopic (exact) mass is 259 g/mol. The summed E-state index contributed by atoms with van der Waals surface area (Å²) in [4.78, 5) is 0. The Morgan fingerprint density at radius 1 is 1.15 bits per heavy atom. The van der Waals surface area contributed by atoms with E-state index >= 15 is 0 Å². The Balaban J connectivity index is 1.99. The van der Waals surface area contributed by atoms with E-state index in [0.29, 0.717) is 0 Å². The smallest absolute Gasteiger partial charge is 0.183 e. The van der Waals surface area contributed by atoms with Crippen LogP contribution in [0.1, 0.15) is 22.3 Å². The molecule has 0 aliphatic carbocycles. The van der Waals surface area contributed by atoms with E-state index in [2.05, 4.69) is 24.2 Å². The van der Waals surface area contributed by atoms with E-state index in [4.69, 9.17) is 10.00 Å². The molecular weight excluding hydrogens is 245 g/mol. The van der Waals surface area contributed by atoms with Crippen molar-refractivity contribution in [3.8, 4) is 17.6 Å². The van der Waals surface area contributed by atoms with Crippen molar-refractivity contribution in [1.29, 1.82) is 5.26 Å². The van der Waals surface area contributed by atoms with E-state index in [1.807, 2.05) is 38.1 Å². The maximum absolute atomic E-state index is 9.11. The summed E-state index contributed by atoms with van der Waals surface area (Å²) < 4.78 is 6.02. The van der Waals surface area contributed by atoms with Gasteiger partial charge in [0.05, 0.1) is 11.6 Å². The lowest BCUT2D eigenvalue weighted by molar-refractivity contribution is 0.481. The van der Waals surface area contributed by atoms with Crippen LogP contribution in [0, 0.1) is 25.2 Å². The number of hydrogen-bond donors (Lipinski definition) is 0. The Morgan fingerprint density at radius 3 is 2.60 bits per heavy atom. The molecule has 1 aliphatic rings. The summed E-state index contributed by atoms with van der Waals surface area (Å²) >= 11 is 0. The van der Waals surface area contributed by atoms with Gasteiger partial charge in [0.2, 0.25) is 0 Å². The highest BCUT2D eigenvalue weighted by molar-refractivity contribution is 6.62. The minimum Gasteiger partial charge on any atom is -0.457 e. The molecule has 2 nitrogen and oxygen atoms in total. The highest BCUT2D eigenvalue weighted by Crippen LogP contribution is 2.29. The van der Waals surface area contributed by atoms with Crippen molar-refractivity contribution in [2.45, 2.75) is 13.8 Å². The Bertz CT molecular complexity index is 733. The molecule has 0 saturated heterocycles. The first kappa shape index (κ1) is 12.6. The normalized spacial score (nSPS) is 11.7. The molecule has 0 bridgehead atoms. The molecule has 0 aromatic heterocycles. The highest BCUT2D eigenvalue weighted by atomic mass is 16.5. The van der Waals surface area contributed by atoms with Gasteiger partial charge in [-0.25, -0.2) is 0 Å². The summed E-state index contributed by atoms with van der Waals surface area (Å²) in [6, 6.07) is 12.2. The van der Waals surface area contributed by atoms with Gasteiger partial charge in [-0.15, -0.1) is 5.98 Å². The Morgan fingerprint density at radius 2 is 1.90 bits per heavy atom. The van der Waals surface area contributed by atoms with Crippen LogP contribution in [0.5, 0.6) is 11.5 Å². The molecule has 1 aliphatic heterocycles. The maximum atomic E-state index is 9.11. The summed E-state index contributed by atoms with van der Waals surface area (Å²) in [5, 5.41) is 9.11. The van der Waals surface area contributed by atoms with Crippen LogP contribution in [0.25, 0.3) is 6.08 Å². The average molecular weight is 259 g/mol. The van der Waals surface area contributed by atoms with Crippen molar-refractivity contribution in [3.05, 3.63) is 58.6 Å². The van der Waals surface area contributed by atoms with Gasteiger partial charge in [-0.05, 0) is 43.2 Å². The molecule has 3 heteroatoms. The average Bonchev–Trinajstić information content (AvgIpc) is 2.88. The van der Waals surface area contributed by atoms with Crippen LogP contribution in [0.2, 0.25) is 0 Å². The third-order valence-electron chi connectivity index (χ3n) is 3.62. The van der Waals surface area contributed by atoms with Gasteiger partial charge >= 0.3 is 0 Å². The molecule has 96 valence electrons. The fourth-order valence-corrected chi connectivity index (χ4v) is 2.64. The van der Waals surface area contributed by atoms with E-state index in [-0.39, 0.29) is 0 Å². The van der Waals surface area contributed by atoms with E-state index in [0.717, 1.165) is 41.0 Å². The molecule has 0 unspecified atom stereocenters. The predicted octanol–water partition coefficient (Wildman–Crippen LogP) is 3.01. The van der Waals surface area contributed by atoms with Crippen LogP contribution in [-0.2, 0) is 0 Å². The van der Waals surface area contributed by atoms with Crippen LogP contribution in [0.4, 0.5) is 0 Å². The van der Waals surface area contributed by atoms with Crippen LogP contribution < -0.4 is 10.2 Å². The lowest BCUT2D eigenvalue weighted by Crippen LogP contribution is -2.11. The van der Waals surface area contributed by atoms with Gasteiger partial charge in [0.25, 0.3) is 0 Å². The number of hydrogen-bond acceptors (Lipinski definition) is 2. The lowest BCUT2D eigenvalue weighted by Gasteiger charge is -2.12. The third kappa shape index (κ3) is 2.10. The van der Waals surface area contributed by atoms with E-state index in [1.165, 1.54) is 5.46 Å². The Hall–Kier alpha value is -2.47. The predicted molar refractivity (Wildman–Crippen MR) is 83.0 cm³/mol. The molecule has 2 aromatic rings. The summed E-state index contributed by atoms with van der Waals surface area (Å²) in [5.41, 5.74) is 5.09. The van der Waals surface area contributed by atoms with Gasteiger partial charge in [0.15, 0.2) is 7.28 Å². The molecule has 3 rings (SSSR count). The SMILES string of the molecule is Cc1cc(Oc2cccc3c2C=CB3)cc(C)c1C#N. The molecule has 0 amide bonds. The summed E-state index contributed by atoms with van der Waals surface area (Å²) in [6.07, 6.45) is 2.11. The van der Waals surface area contributed by atoms with Crippen molar-refractivity contribution < 1.29 is 4.74 Å². The quantitative estimate of drug-likeness (QED) is 0.776. The van der Waals surface area contributed by atoms with Crippen LogP contribution in [-0.4, -0.2) is 7.28 Å². The first-order valence-corrected chi connectivity index (χ1v) is 6.66. The molecule has 0 saturated carbocycles. The lowest BCUT2D eigenvalue weighted by atomic mass is 9.73. The fraction of sp³-hybridized carbons (Fsp3) is 0.118. The van der Waals surface area contributed by atoms with Gasteiger partial charge in [-0.1, -0.05) is 23.7 Å². The zero-order valence-corrected chi connectivity index (χ0v) is 11.6. The van der Waals surface area contributed by atoms with Gasteiger partial charge in [0, 0.05) is 5.56 Å². The standard InChI is InChI=1S/C17H14BNO/c1-11-8-13(9-12(2)15(11)10-19)20-17-5-3-4-16-14(17)6-7-18-16/h3-9,18H,1-2H3. The van der Waals surface area contributed by atoms with Crippen LogP contribution in [0.15, 0.2) is 36.3 Å². The molecule has 0 atom stereocenters. The first-order chi connectivity index (χ1) is 9.69. The van der Waals surface area contributed by atoms with Crippen molar-refractivity contribution in [2.24, 2.45) is 0 Å². The second kappa shape index (κ2) is 4.90. The summed E-state index contributed by atoms with van der Waals surface area (Å²) in [7, 11) is 0.970. The topological polar surface area (TPSA) is 33.0 Å². The highest BCUT2D eigenvalue weighted by Gasteiger charge is 2.13. The van der Waals surface area contributed by atoms with Crippen LogP contribution >= 0.6 is 0 Å². The number of aryl methyl sites for hydroxylation is 2. The van der Waals surface area contributed by atoms with Gasteiger partial charge in [-0.3, -0.25) is 0 Å². The van der Waals surface area contributed by atoms with E-state index in [9.17, 15) is 0 Å². The molecule has 0 spiro atoms. The molecule has 0 N–H and O–H groups in total. The second-order valence-electron chi connectivity index (χ2n) is 5.08. The zero-order chi connectivity index (χ0) is 14.1. The van der Waals surface area contributed by atoms with Crippen molar-refractivity contribution in [1.82, 2.24) is 0 Å². The molecule has 20 heavy (non-hydrogen) atoms. The van der Waals surface area contributed by atoms with E-state index in [1.54, 1.807) is 0 Å². The maximum Gasteiger partial charge on any atom is 0.183 e. The van der Waals surface area contributed by atoms with E-state index < -0.39 is 0 Å². The third-order valence-corrected chi connectivity index (χ3v) is 3.62. The zero-order valence-electron chi connectivity index (χ0n) is 11.6. The number of nitriles is 1. The summed E-state index contributed by atoms with van der Waals surface area (Å²) in [6.45, 7) is 3.88. The van der Waals surface area contributed by atoms with Gasteiger partial charge < -0.3 is 4.74 Å². The second-order valence-corrected chi connectivity index (χ2v) is 5.08. The largest absolute Gasteiger partial charge is 0.457 e. The number of ether oxygens (including phenoxy) is 1.